The van der Waals surface area contributed by atoms with E-state index < -0.39 is 11.7 Å². The van der Waals surface area contributed by atoms with Gasteiger partial charge in [-0.3, -0.25) is 12.2 Å². The first-order valence-corrected chi connectivity index (χ1v) is 4.17. The summed E-state index contributed by atoms with van der Waals surface area (Å²) in [6.45, 7) is 0. The van der Waals surface area contributed by atoms with E-state index in [1.807, 2.05) is 12.2 Å². The third-order valence-electron chi connectivity index (χ3n) is 1.59. The van der Waals surface area contributed by atoms with Crippen LogP contribution in [-0.4, -0.2) is 6.18 Å². The van der Waals surface area contributed by atoms with Crippen molar-refractivity contribution in [1.82, 2.24) is 0 Å². The first-order chi connectivity index (χ1) is 6.61. The van der Waals surface area contributed by atoms with Gasteiger partial charge in [0.15, 0.2) is 0 Å². The summed E-state index contributed by atoms with van der Waals surface area (Å²) in [5.41, 5.74) is -0.650. The van der Waals surface area contributed by atoms with E-state index >= 15 is 0 Å². The molecule has 2 aliphatic rings. The van der Waals surface area contributed by atoms with Crippen molar-refractivity contribution < 1.29 is 64.2 Å². The SMILES string of the molecule is FC(F)(F)C1=[C-]CC=C1.[C-]1=CC=CC1.[Cl-].[Cl-].[Zr+2]. The van der Waals surface area contributed by atoms with Crippen molar-refractivity contribution >= 4 is 0 Å². The number of allylic oxidation sites excluding steroid dienone is 8. The van der Waals surface area contributed by atoms with Crippen LogP contribution in [0, 0.1) is 12.2 Å². The van der Waals surface area contributed by atoms with Gasteiger partial charge >= 0.3 is 32.4 Å². The van der Waals surface area contributed by atoms with Crippen LogP contribution in [0.1, 0.15) is 12.8 Å². The summed E-state index contributed by atoms with van der Waals surface area (Å²) in [6, 6.07) is 0. The molecule has 17 heavy (non-hydrogen) atoms. The van der Waals surface area contributed by atoms with E-state index in [4.69, 9.17) is 0 Å². The minimum atomic E-state index is -4.20. The fourth-order valence-corrected chi connectivity index (χ4v) is 0.940. The zero-order valence-electron chi connectivity index (χ0n) is 8.69. The Hall–Kier alpha value is 0.213. The maximum atomic E-state index is 11.6. The van der Waals surface area contributed by atoms with E-state index in [0.29, 0.717) is 0 Å². The zero-order valence-corrected chi connectivity index (χ0v) is 12.7. The van der Waals surface area contributed by atoms with Gasteiger partial charge in [0.1, 0.15) is 0 Å². The van der Waals surface area contributed by atoms with Gasteiger partial charge in [-0.05, 0) is 0 Å². The molecule has 2 rings (SSSR count). The van der Waals surface area contributed by atoms with Gasteiger partial charge in [0, 0.05) is 0 Å². The molecular weight excluding hydrogens is 351 g/mol. The summed E-state index contributed by atoms with van der Waals surface area (Å²) in [6.07, 6.45) is 10.7. The van der Waals surface area contributed by atoms with Gasteiger partial charge in [0.25, 0.3) is 0 Å². The Morgan fingerprint density at radius 3 is 1.88 bits per heavy atom. The normalized spacial score (nSPS) is 14.9. The van der Waals surface area contributed by atoms with E-state index in [1.54, 1.807) is 0 Å². The molecule has 0 amide bonds. The van der Waals surface area contributed by atoms with E-state index in [1.165, 1.54) is 6.08 Å². The molecule has 0 saturated heterocycles. The predicted molar refractivity (Wildman–Crippen MR) is 48.1 cm³/mol. The van der Waals surface area contributed by atoms with Crippen LogP contribution in [0.3, 0.4) is 0 Å². The van der Waals surface area contributed by atoms with Crippen molar-refractivity contribution in [3.8, 4) is 0 Å². The minimum Gasteiger partial charge on any atom is -1.00 e. The molecule has 0 unspecified atom stereocenters. The largest absolute Gasteiger partial charge is 2.00 e. The second-order valence-electron chi connectivity index (χ2n) is 2.70. The van der Waals surface area contributed by atoms with Crippen LogP contribution in [0.25, 0.3) is 0 Å². The molecule has 0 saturated carbocycles. The van der Waals surface area contributed by atoms with Gasteiger partial charge in [0.05, 0.1) is 0 Å². The Morgan fingerprint density at radius 1 is 1.06 bits per heavy atom. The molecule has 0 aromatic carbocycles. The Balaban J connectivity index is -0.000000216. The number of halogens is 5. The molecule has 0 aromatic heterocycles. The Labute approximate surface area is 131 Å². The fourth-order valence-electron chi connectivity index (χ4n) is 0.940. The summed E-state index contributed by atoms with van der Waals surface area (Å²) >= 11 is 0. The maximum absolute atomic E-state index is 11.6. The average molecular weight is 360 g/mol. The predicted octanol–water partition coefficient (Wildman–Crippen LogP) is -2.45. The van der Waals surface area contributed by atoms with Crippen molar-refractivity contribution in [1.29, 1.82) is 0 Å². The molecule has 0 spiro atoms. The summed E-state index contributed by atoms with van der Waals surface area (Å²) in [7, 11) is 0. The molecule has 0 aliphatic heterocycles. The first kappa shape index (κ1) is 22.4. The zero-order chi connectivity index (χ0) is 10.4. The molecule has 0 aromatic rings. The second-order valence-corrected chi connectivity index (χ2v) is 2.70. The summed E-state index contributed by atoms with van der Waals surface area (Å²) in [5, 5.41) is 0. The molecule has 0 radical (unpaired) electrons. The fraction of sp³-hybridized carbons (Fsp3) is 0.273. The van der Waals surface area contributed by atoms with Crippen LogP contribution in [-0.2, 0) is 26.2 Å². The molecule has 0 N–H and O–H groups in total. The van der Waals surface area contributed by atoms with Crippen molar-refractivity contribution in [3.05, 3.63) is 48.1 Å². The number of rotatable bonds is 0. The molecular formula is C11H9Cl2F3Zr-2. The van der Waals surface area contributed by atoms with E-state index in [2.05, 4.69) is 18.2 Å². The van der Waals surface area contributed by atoms with Gasteiger partial charge < -0.3 is 24.8 Å². The van der Waals surface area contributed by atoms with Crippen LogP contribution >= 0.6 is 0 Å². The topological polar surface area (TPSA) is 0 Å². The number of alkyl halides is 3. The van der Waals surface area contributed by atoms with E-state index in [9.17, 15) is 13.2 Å². The smallest absolute Gasteiger partial charge is 1.00 e. The Morgan fingerprint density at radius 2 is 1.71 bits per heavy atom. The summed E-state index contributed by atoms with van der Waals surface area (Å²) < 4.78 is 34.8. The average Bonchev–Trinajstić information content (AvgIpc) is 2.80. The van der Waals surface area contributed by atoms with E-state index in [-0.39, 0.29) is 57.4 Å². The van der Waals surface area contributed by atoms with Gasteiger partial charge in [-0.1, -0.05) is 0 Å². The van der Waals surface area contributed by atoms with Crippen molar-refractivity contribution in [2.45, 2.75) is 19.0 Å². The molecule has 0 nitrogen and oxygen atoms in total. The summed E-state index contributed by atoms with van der Waals surface area (Å²) in [4.78, 5) is 0. The summed E-state index contributed by atoms with van der Waals surface area (Å²) in [5.74, 6) is 0. The molecule has 2 aliphatic carbocycles. The van der Waals surface area contributed by atoms with Gasteiger partial charge in [0.2, 0.25) is 0 Å². The molecule has 0 fully saturated rings. The Bertz CT molecular complexity index is 294. The van der Waals surface area contributed by atoms with Crippen molar-refractivity contribution in [2.24, 2.45) is 0 Å². The maximum Gasteiger partial charge on any atom is 2.00 e. The van der Waals surface area contributed by atoms with Gasteiger partial charge in [-0.15, -0.1) is 18.4 Å². The molecule has 0 bridgehead atoms. The van der Waals surface area contributed by atoms with Crippen molar-refractivity contribution in [2.75, 3.05) is 0 Å². The number of hydrogen-bond acceptors (Lipinski definition) is 0. The third-order valence-corrected chi connectivity index (χ3v) is 1.59. The van der Waals surface area contributed by atoms with Crippen LogP contribution in [0.15, 0.2) is 36.0 Å². The van der Waals surface area contributed by atoms with E-state index in [0.717, 1.165) is 12.5 Å². The first-order valence-electron chi connectivity index (χ1n) is 4.17. The Kier molecular flexibility index (Phi) is 14.9. The van der Waals surface area contributed by atoms with Crippen LogP contribution in [0.5, 0.6) is 0 Å². The van der Waals surface area contributed by atoms with Crippen LogP contribution in [0.4, 0.5) is 13.2 Å². The van der Waals surface area contributed by atoms with Crippen LogP contribution in [0.2, 0.25) is 0 Å². The molecule has 6 heteroatoms. The van der Waals surface area contributed by atoms with Crippen LogP contribution < -0.4 is 24.8 Å². The second kappa shape index (κ2) is 11.3. The quantitative estimate of drug-likeness (QED) is 0.421. The molecule has 0 atom stereocenters. The van der Waals surface area contributed by atoms with Gasteiger partial charge in [-0.25, -0.2) is 18.2 Å². The third kappa shape index (κ3) is 9.87. The molecule has 0 heterocycles. The van der Waals surface area contributed by atoms with Gasteiger partial charge in [-0.2, -0.15) is 25.3 Å². The molecule has 94 valence electrons. The minimum absolute atomic E-state index is 0. The standard InChI is InChI=1S/C6H4F3.C5H5.2ClH.Zr/c7-6(8,9)5-3-1-2-4-5;1-2-4-5-3-1;;;/h1,3H,2H2;1-3H,4H2;2*1H;/q2*-1;;;+2/p-2. The monoisotopic (exact) mass is 358 g/mol. The number of hydrogen-bond donors (Lipinski definition) is 0. The van der Waals surface area contributed by atoms with Crippen molar-refractivity contribution in [3.63, 3.8) is 0 Å².